The highest BCUT2D eigenvalue weighted by Gasteiger charge is 2.44. The summed E-state index contributed by atoms with van der Waals surface area (Å²) in [7, 11) is 1.58. The van der Waals surface area contributed by atoms with Gasteiger partial charge in [-0.25, -0.2) is 0 Å². The van der Waals surface area contributed by atoms with Crippen molar-refractivity contribution in [1.82, 2.24) is 10.6 Å². The quantitative estimate of drug-likeness (QED) is 0.0412. The summed E-state index contributed by atoms with van der Waals surface area (Å²) in [6, 6.07) is 6.08. The van der Waals surface area contributed by atoms with Crippen LogP contribution in [0.3, 0.4) is 0 Å². The normalized spacial score (nSPS) is 21.2. The van der Waals surface area contributed by atoms with Gasteiger partial charge in [-0.15, -0.1) is 0 Å². The number of rotatable bonds is 34. The lowest BCUT2D eigenvalue weighted by atomic mass is 9.98. The van der Waals surface area contributed by atoms with E-state index in [0.717, 1.165) is 77.0 Å². The van der Waals surface area contributed by atoms with Gasteiger partial charge >= 0.3 is 0 Å². The molecule has 330 valence electrons. The van der Waals surface area contributed by atoms with E-state index in [9.17, 15) is 40.2 Å². The zero-order valence-corrected chi connectivity index (χ0v) is 35.0. The van der Waals surface area contributed by atoms with Crippen LogP contribution in [0.25, 0.3) is 0 Å². The van der Waals surface area contributed by atoms with Crippen LogP contribution >= 0.6 is 0 Å². The predicted molar refractivity (Wildman–Crippen MR) is 221 cm³/mol. The third-order valence-corrected chi connectivity index (χ3v) is 11.0. The van der Waals surface area contributed by atoms with Crippen LogP contribution in [0.1, 0.15) is 165 Å². The molecule has 1 aliphatic heterocycles. The van der Waals surface area contributed by atoms with Crippen LogP contribution in [0, 0.1) is 0 Å². The monoisotopic (exact) mass is 811 g/mol. The number of nitrogens with one attached hydrogen (secondary N) is 2. The number of amides is 2. The molecule has 2 rings (SSSR count). The van der Waals surface area contributed by atoms with Gasteiger partial charge in [-0.1, -0.05) is 135 Å². The smallest absolute Gasteiger partial charge is 0.251 e. The average molecular weight is 811 g/mol. The summed E-state index contributed by atoms with van der Waals surface area (Å²) in [5, 5.41) is 68.0. The lowest BCUT2D eigenvalue weighted by Gasteiger charge is -2.40. The largest absolute Gasteiger partial charge is 0.497 e. The van der Waals surface area contributed by atoms with Gasteiger partial charge in [0.15, 0.2) is 6.29 Å². The minimum absolute atomic E-state index is 0.0988. The summed E-state index contributed by atoms with van der Waals surface area (Å²) in [5.74, 6) is 0.259. The first-order valence-corrected chi connectivity index (χ1v) is 22.1. The lowest BCUT2D eigenvalue weighted by Crippen LogP contribution is -2.60. The number of hydrogen-bond donors (Lipinski definition) is 8. The zero-order valence-electron chi connectivity index (χ0n) is 35.0. The molecule has 0 bridgehead atoms. The molecule has 1 fully saturated rings. The third kappa shape index (κ3) is 21.5. The van der Waals surface area contributed by atoms with Crippen molar-refractivity contribution in [3.63, 3.8) is 0 Å². The molecule has 2 amide bonds. The van der Waals surface area contributed by atoms with E-state index in [-0.39, 0.29) is 24.8 Å². The summed E-state index contributed by atoms with van der Waals surface area (Å²) in [4.78, 5) is 25.3. The molecule has 0 spiro atoms. The second-order valence-corrected chi connectivity index (χ2v) is 15.9. The van der Waals surface area contributed by atoms with Gasteiger partial charge in [-0.3, -0.25) is 9.59 Å². The van der Waals surface area contributed by atoms with Crippen molar-refractivity contribution in [2.75, 3.05) is 26.9 Å². The van der Waals surface area contributed by atoms with Crippen molar-refractivity contribution in [3.8, 4) is 5.75 Å². The molecule has 0 saturated carbocycles. The molecule has 8 N–H and O–H groups in total. The van der Waals surface area contributed by atoms with E-state index in [2.05, 4.69) is 17.6 Å². The lowest BCUT2D eigenvalue weighted by molar-refractivity contribution is -0.303. The Hall–Kier alpha value is -2.36. The van der Waals surface area contributed by atoms with E-state index in [1.54, 1.807) is 25.3 Å². The number of aliphatic hydroxyl groups excluding tert-OH is 6. The fraction of sp³-hybridized carbons (Fsp3) is 0.818. The highest BCUT2D eigenvalue weighted by molar-refractivity contribution is 5.94. The molecule has 13 heteroatoms. The maximum atomic E-state index is 13.0. The highest BCUT2D eigenvalue weighted by atomic mass is 16.7. The molecule has 0 radical (unpaired) electrons. The van der Waals surface area contributed by atoms with Crippen LogP contribution in [-0.2, 0) is 14.3 Å². The van der Waals surface area contributed by atoms with Crippen molar-refractivity contribution in [2.45, 2.75) is 204 Å². The van der Waals surface area contributed by atoms with Crippen LogP contribution in [0.2, 0.25) is 0 Å². The fourth-order valence-electron chi connectivity index (χ4n) is 7.26. The van der Waals surface area contributed by atoms with Crippen molar-refractivity contribution >= 4 is 11.8 Å². The molecular formula is C44H78N2O11. The zero-order chi connectivity index (χ0) is 41.7. The van der Waals surface area contributed by atoms with Crippen LogP contribution in [0.5, 0.6) is 5.75 Å². The minimum atomic E-state index is -1.62. The Balaban J connectivity index is 1.68. The van der Waals surface area contributed by atoms with E-state index in [0.29, 0.717) is 30.7 Å². The van der Waals surface area contributed by atoms with Crippen molar-refractivity contribution < 1.29 is 54.4 Å². The summed E-state index contributed by atoms with van der Waals surface area (Å²) in [6.45, 7) is 1.92. The molecule has 0 unspecified atom stereocenters. The molecule has 13 nitrogen and oxygen atoms in total. The Bertz CT molecular complexity index is 1170. The fourth-order valence-corrected chi connectivity index (χ4v) is 7.26. The van der Waals surface area contributed by atoms with Gasteiger partial charge in [0.25, 0.3) is 5.91 Å². The van der Waals surface area contributed by atoms with Crippen LogP contribution in [0.4, 0.5) is 0 Å². The Morgan fingerprint density at radius 3 is 1.89 bits per heavy atom. The standard InChI is InChI=1S/C44H78N2O11/c1-3-4-5-6-7-8-9-10-12-15-18-21-27-36(48)39(50)35(32-56-44-42(53)41(52)40(51)37(31-47)57-44)46-38(49)28-22-19-16-13-11-14-17-20-23-29-45-43(54)33-25-24-26-34(30-33)55-2/h24-26,30,35-37,39-42,44,47-48,50-53H,3-23,27-29,31-32H2,1-2H3,(H,45,54)(H,46,49)/t35-,36+,37+,39-,40-,41-,42+,44-/m0/s1. The maximum absolute atomic E-state index is 13.0. The molecule has 1 aromatic carbocycles. The van der Waals surface area contributed by atoms with Crippen LogP contribution in [-0.4, -0.2) is 118 Å². The molecule has 0 aliphatic carbocycles. The number of carbonyl (C=O) groups is 2. The number of methoxy groups -OCH3 is 1. The highest BCUT2D eigenvalue weighted by Crippen LogP contribution is 2.23. The Morgan fingerprint density at radius 2 is 1.32 bits per heavy atom. The Morgan fingerprint density at radius 1 is 0.754 bits per heavy atom. The van der Waals surface area contributed by atoms with Gasteiger partial charge in [-0.2, -0.15) is 0 Å². The van der Waals surface area contributed by atoms with Gasteiger partial charge in [-0.05, 0) is 37.5 Å². The molecule has 8 atom stereocenters. The molecular weight excluding hydrogens is 732 g/mol. The summed E-state index contributed by atoms with van der Waals surface area (Å²) < 4.78 is 16.3. The van der Waals surface area contributed by atoms with Crippen molar-refractivity contribution in [1.29, 1.82) is 0 Å². The van der Waals surface area contributed by atoms with Crippen molar-refractivity contribution in [2.24, 2.45) is 0 Å². The van der Waals surface area contributed by atoms with Gasteiger partial charge < -0.3 is 55.5 Å². The average Bonchev–Trinajstić information content (AvgIpc) is 3.22. The molecule has 57 heavy (non-hydrogen) atoms. The Labute approximate surface area is 342 Å². The topological polar surface area (TPSA) is 207 Å². The number of benzene rings is 1. The van der Waals surface area contributed by atoms with Gasteiger partial charge in [0.1, 0.15) is 36.3 Å². The molecule has 1 aliphatic rings. The van der Waals surface area contributed by atoms with E-state index >= 15 is 0 Å². The van der Waals surface area contributed by atoms with E-state index in [4.69, 9.17) is 14.2 Å². The number of ether oxygens (including phenoxy) is 3. The van der Waals surface area contributed by atoms with E-state index < -0.39 is 55.6 Å². The van der Waals surface area contributed by atoms with Crippen LogP contribution < -0.4 is 15.4 Å². The Kier molecular flexibility index (Phi) is 28.1. The first kappa shape index (κ1) is 50.8. The summed E-state index contributed by atoms with van der Waals surface area (Å²) >= 11 is 0. The first-order chi connectivity index (χ1) is 27.6. The number of carbonyl (C=O) groups excluding carboxylic acids is 2. The molecule has 1 saturated heterocycles. The molecule has 0 aromatic heterocycles. The maximum Gasteiger partial charge on any atom is 0.251 e. The van der Waals surface area contributed by atoms with Crippen molar-refractivity contribution in [3.05, 3.63) is 29.8 Å². The minimum Gasteiger partial charge on any atom is -0.497 e. The predicted octanol–water partition coefficient (Wildman–Crippen LogP) is 5.44. The van der Waals surface area contributed by atoms with Gasteiger partial charge in [0.2, 0.25) is 5.91 Å². The van der Waals surface area contributed by atoms with E-state index in [1.807, 2.05) is 6.07 Å². The second kappa shape index (κ2) is 31.5. The molecule has 1 heterocycles. The number of unbranched alkanes of at least 4 members (excludes halogenated alkanes) is 19. The summed E-state index contributed by atoms with van der Waals surface area (Å²) in [6.07, 6.45) is 13.8. The first-order valence-electron chi connectivity index (χ1n) is 22.1. The number of hydrogen-bond acceptors (Lipinski definition) is 11. The third-order valence-electron chi connectivity index (χ3n) is 11.0. The SMILES string of the molecule is CCCCCCCCCCCCCC[C@@H](O)[C@@H](O)[C@H](CO[C@H]1O[C@H](CO)[C@H](O)[C@H](O)[C@H]1O)NC(=O)CCCCCCCCCCCNC(=O)c1cccc(OC)c1. The van der Waals surface area contributed by atoms with Crippen LogP contribution in [0.15, 0.2) is 24.3 Å². The second-order valence-electron chi connectivity index (χ2n) is 15.9. The molecule has 1 aromatic rings. The van der Waals surface area contributed by atoms with Gasteiger partial charge in [0, 0.05) is 18.5 Å². The number of aliphatic hydroxyl groups is 6. The summed E-state index contributed by atoms with van der Waals surface area (Å²) in [5.41, 5.74) is 0.587. The van der Waals surface area contributed by atoms with Gasteiger partial charge in [0.05, 0.1) is 32.5 Å². The van der Waals surface area contributed by atoms with E-state index in [1.165, 1.54) is 51.4 Å².